The highest BCUT2D eigenvalue weighted by Gasteiger charge is 2.26. The second-order valence-corrected chi connectivity index (χ2v) is 4.58. The lowest BCUT2D eigenvalue weighted by atomic mass is 9.87. The summed E-state index contributed by atoms with van der Waals surface area (Å²) in [7, 11) is 1.74. The SMILES string of the molecule is CCCCCOC(=O)C1CCC(OC)CC1. The van der Waals surface area contributed by atoms with Crippen molar-refractivity contribution in [2.24, 2.45) is 5.92 Å². The number of esters is 1. The monoisotopic (exact) mass is 228 g/mol. The molecule has 1 aliphatic rings. The lowest BCUT2D eigenvalue weighted by Crippen LogP contribution is -2.27. The molecule has 3 heteroatoms. The number of hydrogen-bond acceptors (Lipinski definition) is 3. The average Bonchev–Trinajstić information content (AvgIpc) is 2.34. The topological polar surface area (TPSA) is 35.5 Å². The Labute approximate surface area is 98.5 Å². The van der Waals surface area contributed by atoms with Crippen LogP contribution in [0.2, 0.25) is 0 Å². The van der Waals surface area contributed by atoms with Crippen LogP contribution in [0.3, 0.4) is 0 Å². The van der Waals surface area contributed by atoms with Gasteiger partial charge in [-0.05, 0) is 32.1 Å². The molecule has 1 saturated carbocycles. The van der Waals surface area contributed by atoms with Gasteiger partial charge in [0.05, 0.1) is 18.6 Å². The second-order valence-electron chi connectivity index (χ2n) is 4.58. The molecule has 0 aliphatic heterocycles. The van der Waals surface area contributed by atoms with E-state index in [4.69, 9.17) is 9.47 Å². The minimum Gasteiger partial charge on any atom is -0.465 e. The third-order valence-electron chi connectivity index (χ3n) is 3.33. The molecule has 94 valence electrons. The van der Waals surface area contributed by atoms with Crippen LogP contribution in [0.15, 0.2) is 0 Å². The van der Waals surface area contributed by atoms with E-state index in [1.165, 1.54) is 0 Å². The minimum absolute atomic E-state index is 0.00524. The number of unbranched alkanes of at least 4 members (excludes halogenated alkanes) is 2. The van der Waals surface area contributed by atoms with E-state index in [-0.39, 0.29) is 11.9 Å². The predicted molar refractivity (Wildman–Crippen MR) is 63.2 cm³/mol. The number of methoxy groups -OCH3 is 1. The predicted octanol–water partition coefficient (Wildman–Crippen LogP) is 2.93. The summed E-state index contributed by atoms with van der Waals surface area (Å²) in [6, 6.07) is 0. The third-order valence-corrected chi connectivity index (χ3v) is 3.33. The van der Waals surface area contributed by atoms with Gasteiger partial charge in [0.2, 0.25) is 0 Å². The van der Waals surface area contributed by atoms with Crippen LogP contribution in [0, 0.1) is 5.92 Å². The smallest absolute Gasteiger partial charge is 0.308 e. The quantitative estimate of drug-likeness (QED) is 0.518. The molecule has 0 spiro atoms. The van der Waals surface area contributed by atoms with Gasteiger partial charge in [-0.2, -0.15) is 0 Å². The highest BCUT2D eigenvalue weighted by Crippen LogP contribution is 2.26. The Bertz CT molecular complexity index is 195. The van der Waals surface area contributed by atoms with Gasteiger partial charge in [-0.1, -0.05) is 19.8 Å². The van der Waals surface area contributed by atoms with Crippen LogP contribution in [0.5, 0.6) is 0 Å². The molecule has 0 aromatic carbocycles. The maximum atomic E-state index is 11.7. The molecule has 16 heavy (non-hydrogen) atoms. The van der Waals surface area contributed by atoms with Gasteiger partial charge >= 0.3 is 5.97 Å². The first-order valence-corrected chi connectivity index (χ1v) is 6.47. The van der Waals surface area contributed by atoms with E-state index in [1.807, 2.05) is 0 Å². The van der Waals surface area contributed by atoms with E-state index >= 15 is 0 Å². The van der Waals surface area contributed by atoms with Gasteiger partial charge in [0.25, 0.3) is 0 Å². The van der Waals surface area contributed by atoms with Crippen molar-refractivity contribution >= 4 is 5.97 Å². The summed E-state index contributed by atoms with van der Waals surface area (Å²) in [6.45, 7) is 2.74. The van der Waals surface area contributed by atoms with Crippen molar-refractivity contribution < 1.29 is 14.3 Å². The fourth-order valence-corrected chi connectivity index (χ4v) is 2.18. The van der Waals surface area contributed by atoms with Crippen molar-refractivity contribution in [1.29, 1.82) is 0 Å². The van der Waals surface area contributed by atoms with Gasteiger partial charge in [-0.3, -0.25) is 4.79 Å². The molecular weight excluding hydrogens is 204 g/mol. The Kier molecular flexibility index (Phi) is 6.46. The molecule has 0 aromatic heterocycles. The molecule has 0 N–H and O–H groups in total. The Morgan fingerprint density at radius 3 is 2.44 bits per heavy atom. The molecule has 0 heterocycles. The Hall–Kier alpha value is -0.570. The number of rotatable bonds is 6. The van der Waals surface area contributed by atoms with Crippen LogP contribution < -0.4 is 0 Å². The van der Waals surface area contributed by atoms with Crippen molar-refractivity contribution in [3.8, 4) is 0 Å². The normalized spacial score (nSPS) is 25.4. The fraction of sp³-hybridized carbons (Fsp3) is 0.923. The first kappa shape index (κ1) is 13.5. The van der Waals surface area contributed by atoms with Gasteiger partial charge in [0, 0.05) is 7.11 Å². The molecule has 0 radical (unpaired) electrons. The third kappa shape index (κ3) is 4.52. The average molecular weight is 228 g/mol. The zero-order valence-corrected chi connectivity index (χ0v) is 10.5. The van der Waals surface area contributed by atoms with Crippen molar-refractivity contribution in [1.82, 2.24) is 0 Å². The van der Waals surface area contributed by atoms with Crippen LogP contribution in [-0.2, 0) is 14.3 Å². The van der Waals surface area contributed by atoms with Gasteiger partial charge in [-0.25, -0.2) is 0 Å². The molecule has 0 bridgehead atoms. The summed E-state index contributed by atoms with van der Waals surface area (Å²) in [6.07, 6.45) is 7.48. The summed E-state index contributed by atoms with van der Waals surface area (Å²) < 4.78 is 10.6. The highest BCUT2D eigenvalue weighted by atomic mass is 16.5. The molecule has 0 saturated heterocycles. The minimum atomic E-state index is 0.00524. The molecule has 0 amide bonds. The number of ether oxygens (including phenoxy) is 2. The summed E-state index contributed by atoms with van der Waals surface area (Å²) >= 11 is 0. The van der Waals surface area contributed by atoms with Crippen molar-refractivity contribution in [2.45, 2.75) is 58.0 Å². The van der Waals surface area contributed by atoms with Crippen LogP contribution in [0.25, 0.3) is 0 Å². The summed E-state index contributed by atoms with van der Waals surface area (Å²) in [5.74, 6) is 0.124. The number of carbonyl (C=O) groups excluding carboxylic acids is 1. The van der Waals surface area contributed by atoms with Crippen molar-refractivity contribution in [3.05, 3.63) is 0 Å². The summed E-state index contributed by atoms with van der Waals surface area (Å²) in [5, 5.41) is 0. The van der Waals surface area contributed by atoms with Gasteiger partial charge < -0.3 is 9.47 Å². The molecule has 3 nitrogen and oxygen atoms in total. The van der Waals surface area contributed by atoms with Gasteiger partial charge in [-0.15, -0.1) is 0 Å². The molecule has 1 fully saturated rings. The second kappa shape index (κ2) is 7.66. The van der Waals surface area contributed by atoms with Crippen LogP contribution >= 0.6 is 0 Å². The van der Waals surface area contributed by atoms with E-state index in [0.717, 1.165) is 44.9 Å². The fourth-order valence-electron chi connectivity index (χ4n) is 2.18. The maximum Gasteiger partial charge on any atom is 0.308 e. The molecular formula is C13H24O3. The van der Waals surface area contributed by atoms with E-state index in [2.05, 4.69) is 6.92 Å². The van der Waals surface area contributed by atoms with Crippen LogP contribution in [-0.4, -0.2) is 25.8 Å². The molecule has 1 rings (SSSR count). The van der Waals surface area contributed by atoms with E-state index in [1.54, 1.807) is 7.11 Å². The van der Waals surface area contributed by atoms with Gasteiger partial charge in [0.1, 0.15) is 0 Å². The zero-order chi connectivity index (χ0) is 11.8. The molecule has 0 unspecified atom stereocenters. The van der Waals surface area contributed by atoms with E-state index < -0.39 is 0 Å². The standard InChI is InChI=1S/C13H24O3/c1-3-4-5-10-16-13(14)11-6-8-12(15-2)9-7-11/h11-12H,3-10H2,1-2H3. The van der Waals surface area contributed by atoms with E-state index in [9.17, 15) is 4.79 Å². The van der Waals surface area contributed by atoms with Crippen molar-refractivity contribution in [2.75, 3.05) is 13.7 Å². The Balaban J connectivity index is 2.13. The van der Waals surface area contributed by atoms with Crippen molar-refractivity contribution in [3.63, 3.8) is 0 Å². The van der Waals surface area contributed by atoms with Crippen LogP contribution in [0.4, 0.5) is 0 Å². The molecule has 1 aliphatic carbocycles. The first-order valence-electron chi connectivity index (χ1n) is 6.47. The Morgan fingerprint density at radius 1 is 1.19 bits per heavy atom. The largest absolute Gasteiger partial charge is 0.465 e. The summed E-state index contributed by atoms with van der Waals surface area (Å²) in [4.78, 5) is 11.7. The van der Waals surface area contributed by atoms with E-state index in [0.29, 0.717) is 12.7 Å². The maximum absolute atomic E-state index is 11.7. The number of hydrogen-bond donors (Lipinski definition) is 0. The lowest BCUT2D eigenvalue weighted by Gasteiger charge is -2.26. The summed E-state index contributed by atoms with van der Waals surface area (Å²) in [5.41, 5.74) is 0. The zero-order valence-electron chi connectivity index (χ0n) is 10.5. The Morgan fingerprint density at radius 2 is 1.88 bits per heavy atom. The molecule has 0 aromatic rings. The van der Waals surface area contributed by atoms with Crippen LogP contribution in [0.1, 0.15) is 51.9 Å². The number of carbonyl (C=O) groups is 1. The molecule has 0 atom stereocenters. The van der Waals surface area contributed by atoms with Gasteiger partial charge in [0.15, 0.2) is 0 Å². The highest BCUT2D eigenvalue weighted by molar-refractivity contribution is 5.72. The lowest BCUT2D eigenvalue weighted by molar-refractivity contribution is -0.150. The first-order chi connectivity index (χ1) is 7.77.